The van der Waals surface area contributed by atoms with Gasteiger partial charge in [-0.05, 0) is 17.7 Å². The third-order valence-electron chi connectivity index (χ3n) is 1.57. The molecular weight excluding hydrogens is 186 g/mol. The summed E-state index contributed by atoms with van der Waals surface area (Å²) in [4.78, 5) is 11.4. The summed E-state index contributed by atoms with van der Waals surface area (Å²) < 4.78 is 8.69. The lowest BCUT2D eigenvalue weighted by molar-refractivity contribution is -0.119. The maximum absolute atomic E-state index is 10.6. The highest BCUT2D eigenvalue weighted by Crippen LogP contribution is 2.14. The summed E-state index contributed by atoms with van der Waals surface area (Å²) in [5.41, 5.74) is 1.02. The van der Waals surface area contributed by atoms with Gasteiger partial charge in [-0.1, -0.05) is 12.1 Å². The quantitative estimate of drug-likeness (QED) is 0.727. The Balaban J connectivity index is 2.54. The third-order valence-corrected chi connectivity index (χ3v) is 2.05. The van der Waals surface area contributed by atoms with Crippen LogP contribution in [0.3, 0.4) is 0 Å². The Morgan fingerprint density at radius 3 is 2.54 bits per heavy atom. The molecule has 1 rings (SSSR count). The molecule has 0 heterocycles. The van der Waals surface area contributed by atoms with E-state index in [4.69, 9.17) is 4.55 Å². The van der Waals surface area contributed by atoms with Crippen LogP contribution < -0.4 is 5.32 Å². The zero-order chi connectivity index (χ0) is 9.68. The van der Waals surface area contributed by atoms with Crippen LogP contribution >= 0.6 is 12.0 Å². The van der Waals surface area contributed by atoms with Gasteiger partial charge in [-0.25, -0.2) is 0 Å². The molecule has 0 radical (unpaired) electrons. The smallest absolute Gasteiger partial charge is 0.217 e. The van der Waals surface area contributed by atoms with E-state index in [2.05, 4.69) is 5.32 Å². The van der Waals surface area contributed by atoms with Crippen molar-refractivity contribution in [1.82, 2.24) is 5.32 Å². The summed E-state index contributed by atoms with van der Waals surface area (Å²) in [5, 5.41) is 2.69. The van der Waals surface area contributed by atoms with Crippen LogP contribution in [0.5, 0.6) is 0 Å². The SMILES string of the molecule is CC(=O)NCc1ccc(SO)cc1. The van der Waals surface area contributed by atoms with Crippen LogP contribution in [0, 0.1) is 0 Å². The highest BCUT2D eigenvalue weighted by Gasteiger charge is 1.95. The molecule has 0 aliphatic rings. The van der Waals surface area contributed by atoms with Crippen LogP contribution in [-0.4, -0.2) is 10.5 Å². The molecule has 1 aromatic rings. The van der Waals surface area contributed by atoms with Gasteiger partial charge in [0.05, 0.1) is 0 Å². The molecule has 0 aromatic heterocycles. The molecule has 0 saturated heterocycles. The molecule has 13 heavy (non-hydrogen) atoms. The van der Waals surface area contributed by atoms with Crippen molar-refractivity contribution < 1.29 is 9.35 Å². The Hall–Kier alpha value is -1.00. The summed E-state index contributed by atoms with van der Waals surface area (Å²) in [6.45, 7) is 2.02. The number of nitrogens with one attached hydrogen (secondary N) is 1. The van der Waals surface area contributed by atoms with E-state index in [0.29, 0.717) is 18.6 Å². The minimum absolute atomic E-state index is 0.0411. The average molecular weight is 197 g/mol. The second-order valence-electron chi connectivity index (χ2n) is 2.64. The molecule has 0 atom stereocenters. The summed E-state index contributed by atoms with van der Waals surface area (Å²) >= 11 is 0.715. The Morgan fingerprint density at radius 1 is 1.46 bits per heavy atom. The average Bonchev–Trinajstić information content (AvgIpc) is 2.15. The van der Waals surface area contributed by atoms with Gasteiger partial charge < -0.3 is 9.87 Å². The van der Waals surface area contributed by atoms with Crippen molar-refractivity contribution in [3.8, 4) is 0 Å². The van der Waals surface area contributed by atoms with Gasteiger partial charge in [0.15, 0.2) is 0 Å². The molecule has 3 nitrogen and oxygen atoms in total. The topological polar surface area (TPSA) is 49.3 Å². The van der Waals surface area contributed by atoms with Crippen LogP contribution in [0.4, 0.5) is 0 Å². The van der Waals surface area contributed by atoms with Crippen molar-refractivity contribution in [2.24, 2.45) is 0 Å². The maximum Gasteiger partial charge on any atom is 0.217 e. The molecule has 0 fully saturated rings. The highest BCUT2D eigenvalue weighted by atomic mass is 32.2. The van der Waals surface area contributed by atoms with E-state index in [1.54, 1.807) is 0 Å². The normalized spacial score (nSPS) is 9.69. The number of carbonyl (C=O) groups excluding carboxylic acids is 1. The first-order valence-corrected chi connectivity index (χ1v) is 4.64. The number of rotatable bonds is 3. The molecule has 0 bridgehead atoms. The monoisotopic (exact) mass is 197 g/mol. The minimum Gasteiger partial charge on any atom is -0.352 e. The van der Waals surface area contributed by atoms with Crippen molar-refractivity contribution in [3.05, 3.63) is 29.8 Å². The molecule has 0 unspecified atom stereocenters. The summed E-state index contributed by atoms with van der Waals surface area (Å²) in [6.07, 6.45) is 0. The fraction of sp³-hybridized carbons (Fsp3) is 0.222. The molecular formula is C9H11NO2S. The van der Waals surface area contributed by atoms with E-state index in [9.17, 15) is 4.79 Å². The number of hydrogen-bond donors (Lipinski definition) is 2. The van der Waals surface area contributed by atoms with Gasteiger partial charge in [0.2, 0.25) is 5.91 Å². The van der Waals surface area contributed by atoms with Crippen molar-refractivity contribution in [2.45, 2.75) is 18.4 Å². The first-order valence-electron chi connectivity index (χ1n) is 3.87. The van der Waals surface area contributed by atoms with Crippen LogP contribution in [0.15, 0.2) is 29.2 Å². The van der Waals surface area contributed by atoms with Crippen molar-refractivity contribution >= 4 is 17.9 Å². The lowest BCUT2D eigenvalue weighted by Gasteiger charge is -2.02. The Bertz CT molecular complexity index is 284. The Morgan fingerprint density at radius 2 is 2.08 bits per heavy atom. The van der Waals surface area contributed by atoms with Crippen LogP contribution in [-0.2, 0) is 11.3 Å². The van der Waals surface area contributed by atoms with Gasteiger partial charge in [0.1, 0.15) is 0 Å². The van der Waals surface area contributed by atoms with Gasteiger partial charge >= 0.3 is 0 Å². The van der Waals surface area contributed by atoms with Gasteiger partial charge in [0.25, 0.3) is 0 Å². The molecule has 0 spiro atoms. The fourth-order valence-corrected chi connectivity index (χ4v) is 1.15. The first kappa shape index (κ1) is 10.1. The summed E-state index contributed by atoms with van der Waals surface area (Å²) in [5.74, 6) is -0.0411. The van der Waals surface area contributed by atoms with Crippen LogP contribution in [0.2, 0.25) is 0 Å². The fourth-order valence-electron chi connectivity index (χ4n) is 0.895. The van der Waals surface area contributed by atoms with Crippen LogP contribution in [0.25, 0.3) is 0 Å². The molecule has 0 saturated carbocycles. The van der Waals surface area contributed by atoms with E-state index < -0.39 is 0 Å². The van der Waals surface area contributed by atoms with Gasteiger partial charge in [-0.3, -0.25) is 4.79 Å². The lowest BCUT2D eigenvalue weighted by atomic mass is 10.2. The standard InChI is InChI=1S/C9H11NO2S/c1-7(11)10-6-8-2-4-9(13-12)5-3-8/h2-5,12H,6H2,1H3,(H,10,11). The third kappa shape index (κ3) is 3.48. The highest BCUT2D eigenvalue weighted by molar-refractivity contribution is 7.93. The zero-order valence-corrected chi connectivity index (χ0v) is 8.10. The van der Waals surface area contributed by atoms with Crippen molar-refractivity contribution in [2.75, 3.05) is 0 Å². The van der Waals surface area contributed by atoms with Crippen LogP contribution in [0.1, 0.15) is 12.5 Å². The van der Waals surface area contributed by atoms with E-state index in [1.807, 2.05) is 24.3 Å². The van der Waals surface area contributed by atoms with E-state index >= 15 is 0 Å². The number of carbonyl (C=O) groups is 1. The summed E-state index contributed by atoms with van der Waals surface area (Å²) in [6, 6.07) is 7.35. The Labute approximate surface area is 81.4 Å². The predicted molar refractivity (Wildman–Crippen MR) is 52.4 cm³/mol. The second-order valence-corrected chi connectivity index (χ2v) is 3.30. The van der Waals surface area contributed by atoms with Gasteiger partial charge in [-0.15, -0.1) is 0 Å². The lowest BCUT2D eigenvalue weighted by Crippen LogP contribution is -2.18. The Kier molecular flexibility index (Phi) is 3.79. The number of hydrogen-bond acceptors (Lipinski definition) is 3. The van der Waals surface area contributed by atoms with E-state index in [0.717, 1.165) is 10.5 Å². The molecule has 0 aliphatic heterocycles. The second kappa shape index (κ2) is 4.89. The van der Waals surface area contributed by atoms with Crippen molar-refractivity contribution in [3.63, 3.8) is 0 Å². The summed E-state index contributed by atoms with van der Waals surface area (Å²) in [7, 11) is 0. The number of amides is 1. The van der Waals surface area contributed by atoms with E-state index in [-0.39, 0.29) is 5.91 Å². The molecule has 1 amide bonds. The van der Waals surface area contributed by atoms with Crippen molar-refractivity contribution in [1.29, 1.82) is 0 Å². The maximum atomic E-state index is 10.6. The first-order chi connectivity index (χ1) is 6.22. The van der Waals surface area contributed by atoms with Gasteiger partial charge in [0, 0.05) is 30.4 Å². The molecule has 4 heteroatoms. The van der Waals surface area contributed by atoms with Gasteiger partial charge in [-0.2, -0.15) is 0 Å². The predicted octanol–water partition coefficient (Wildman–Crippen LogP) is 1.89. The minimum atomic E-state index is -0.0411. The van der Waals surface area contributed by atoms with E-state index in [1.165, 1.54) is 6.92 Å². The molecule has 70 valence electrons. The zero-order valence-electron chi connectivity index (χ0n) is 7.28. The molecule has 2 N–H and O–H groups in total. The molecule has 0 aliphatic carbocycles. The largest absolute Gasteiger partial charge is 0.352 e. The number of benzene rings is 1. The molecule has 1 aromatic carbocycles.